The van der Waals surface area contributed by atoms with Crippen LogP contribution in [0.3, 0.4) is 0 Å². The Bertz CT molecular complexity index is 33.3. The minimum Gasteiger partial charge on any atom is -1.00 e. The summed E-state index contributed by atoms with van der Waals surface area (Å²) in [6, 6.07) is 0. The van der Waals surface area contributed by atoms with Crippen LogP contribution in [0.5, 0.6) is 0 Å². The van der Waals surface area contributed by atoms with Crippen LogP contribution in [-0.4, -0.2) is 91.1 Å². The first-order chi connectivity index (χ1) is 1.73. The Morgan fingerprint density at radius 1 is 1.12 bits per heavy atom. The van der Waals surface area contributed by atoms with Crippen molar-refractivity contribution in [1.82, 2.24) is 0 Å². The van der Waals surface area contributed by atoms with Gasteiger partial charge in [0.1, 0.15) is 0 Å². The van der Waals surface area contributed by atoms with Crippen molar-refractivity contribution in [2.45, 2.75) is 0 Å². The van der Waals surface area contributed by atoms with Gasteiger partial charge in [0.2, 0.25) is 0 Å². The van der Waals surface area contributed by atoms with Gasteiger partial charge in [0, 0.05) is 0 Å². The average molecular weight is 379 g/mol. The molecule has 8 heteroatoms. The summed E-state index contributed by atoms with van der Waals surface area (Å²) < 4.78 is 0. The van der Waals surface area contributed by atoms with E-state index in [9.17, 15) is 0 Å². The van der Waals surface area contributed by atoms with Gasteiger partial charge < -0.3 is 19.4 Å². The zero-order chi connectivity index (χ0) is 3.58. The molecule has 0 unspecified atom stereocenters. The van der Waals surface area contributed by atoms with Crippen molar-refractivity contribution in [2.24, 2.45) is 0 Å². The number of hydrogen-bond acceptors (Lipinski definition) is 3. The van der Waals surface area contributed by atoms with Crippen molar-refractivity contribution >= 4 is 93.0 Å². The molecule has 44 valence electrons. The first-order valence-corrected chi connectivity index (χ1v) is 0.775. The molecule has 0 fully saturated rings. The Morgan fingerprint density at radius 2 is 1.12 bits per heavy atom. The summed E-state index contributed by atoms with van der Waals surface area (Å²) in [5.41, 5.74) is 0. The van der Waals surface area contributed by atoms with Crippen molar-refractivity contribution in [1.29, 1.82) is 0 Å². The minimum atomic E-state index is -2.17. The standard InChI is InChI=1S/BH3O3.Ba.BrH.Ga.Na.6H/c2-1(3)4;;;;;;;;;;/h2-4H;;1H;;;;;;;;/q;+2;;;+1;;;;3*-1. The van der Waals surface area contributed by atoms with E-state index in [-0.39, 0.29) is 119 Å². The van der Waals surface area contributed by atoms with Crippen LogP contribution in [0.1, 0.15) is 4.28 Å². The molecule has 0 saturated carbocycles. The number of rotatable bonds is 0. The second-order valence-electron chi connectivity index (χ2n) is 0.346. The summed E-state index contributed by atoms with van der Waals surface area (Å²) in [5, 5.41) is 21.5. The van der Waals surface area contributed by atoms with Gasteiger partial charge in [-0.25, -0.2) is 0 Å². The van der Waals surface area contributed by atoms with Crippen LogP contribution in [-0.2, 0) is 0 Å². The zero-order valence-electron chi connectivity index (χ0n) is 7.03. The quantitative estimate of drug-likeness (QED) is 0.368. The fourth-order valence-electron chi connectivity index (χ4n) is 0. The second kappa shape index (κ2) is 22.4. The molecule has 8 heavy (non-hydrogen) atoms. The van der Waals surface area contributed by atoms with E-state index >= 15 is 0 Å². The number of halogens is 1. The molecule has 0 aromatic rings. The normalized spacial score (nSPS) is 3.38. The Hall–Kier alpha value is 3.63. The smallest absolute Gasteiger partial charge is 1.00 e. The van der Waals surface area contributed by atoms with E-state index in [2.05, 4.69) is 0 Å². The van der Waals surface area contributed by atoms with Crippen LogP contribution < -0.4 is 29.6 Å². The van der Waals surface area contributed by atoms with E-state index in [0.717, 1.165) is 0 Å². The molecule has 0 aliphatic carbocycles. The summed E-state index contributed by atoms with van der Waals surface area (Å²) in [5.74, 6) is 0. The van der Waals surface area contributed by atoms with Gasteiger partial charge in [0.05, 0.1) is 0 Å². The molecule has 3 nitrogen and oxygen atoms in total. The molecule has 0 aliphatic heterocycles. The fraction of sp³-hybridized carbons (Fsp3) is 0. The van der Waals surface area contributed by atoms with Crippen LogP contribution in [0, 0.1) is 0 Å². The Kier molecular flexibility index (Phi) is 83.8. The van der Waals surface area contributed by atoms with E-state index in [1.807, 2.05) is 0 Å². The largest absolute Gasteiger partial charge is 1.00 e. The van der Waals surface area contributed by atoms with E-state index in [1.165, 1.54) is 0 Å². The monoisotopic (exact) mass is 378 g/mol. The maximum Gasteiger partial charge on any atom is 1.00 e. The fourth-order valence-corrected chi connectivity index (χ4v) is 0. The Balaban J connectivity index is -0.00000000214. The molecule has 0 amide bonds. The second-order valence-corrected chi connectivity index (χ2v) is 0.346. The first-order valence-electron chi connectivity index (χ1n) is 0.775. The van der Waals surface area contributed by atoms with Crippen LogP contribution in [0.2, 0.25) is 0 Å². The predicted octanol–water partition coefficient (Wildman–Crippen LogP) is -5.70. The molecule has 0 heterocycles. The van der Waals surface area contributed by atoms with Gasteiger partial charge >= 0.3 is 106 Å². The molecule has 0 rings (SSSR count). The van der Waals surface area contributed by atoms with Crippen molar-refractivity contribution in [3.8, 4) is 0 Å². The summed E-state index contributed by atoms with van der Waals surface area (Å²) >= 11 is 0. The average Bonchev–Trinajstić information content (AvgIpc) is 0.811. The molecule has 0 aliphatic rings. The first kappa shape index (κ1) is 29.9. The van der Waals surface area contributed by atoms with E-state index in [1.54, 1.807) is 0 Å². The molecule has 3 N–H and O–H groups in total. The molecule has 0 spiro atoms. The van der Waals surface area contributed by atoms with Crippen LogP contribution in [0.25, 0.3) is 0 Å². The maximum atomic E-state index is 7.17. The molecule has 0 radical (unpaired) electrons. The van der Waals surface area contributed by atoms with Crippen LogP contribution in [0.15, 0.2) is 0 Å². The van der Waals surface area contributed by atoms with Crippen molar-refractivity contribution in [2.75, 3.05) is 0 Å². The maximum absolute atomic E-state index is 7.17. The van der Waals surface area contributed by atoms with Crippen molar-refractivity contribution < 1.29 is 48.9 Å². The van der Waals surface area contributed by atoms with Gasteiger partial charge in [-0.05, 0) is 0 Å². The van der Waals surface area contributed by atoms with E-state index in [0.29, 0.717) is 0 Å². The van der Waals surface area contributed by atoms with Crippen LogP contribution >= 0.6 is 17.0 Å². The summed E-state index contributed by atoms with van der Waals surface area (Å²) in [6.45, 7) is 0. The molecule has 0 aromatic carbocycles. The van der Waals surface area contributed by atoms with Gasteiger partial charge in [0.15, 0.2) is 0 Å². The number of hydrogen-bond donors (Lipinski definition) is 3. The molecule has 0 saturated heterocycles. The Morgan fingerprint density at radius 3 is 1.12 bits per heavy atom. The SMILES string of the molecule is Br.OB(O)O.[Ba+2].[GaH3].[H-].[H-].[H-].[Na+]. The summed E-state index contributed by atoms with van der Waals surface area (Å²) in [6.07, 6.45) is 0. The summed E-state index contributed by atoms with van der Waals surface area (Å²) in [7, 11) is -2.17. The van der Waals surface area contributed by atoms with E-state index < -0.39 is 7.32 Å². The zero-order valence-corrected chi connectivity index (χ0v) is 12.2. The third kappa shape index (κ3) is 54.4. The van der Waals surface area contributed by atoms with Crippen LogP contribution in [0.4, 0.5) is 0 Å². The topological polar surface area (TPSA) is 60.7 Å². The van der Waals surface area contributed by atoms with E-state index in [4.69, 9.17) is 15.1 Å². The molecule has 0 aromatic heterocycles. The third-order valence-corrected chi connectivity index (χ3v) is 0. The van der Waals surface area contributed by atoms with Gasteiger partial charge in [0.25, 0.3) is 0 Å². The van der Waals surface area contributed by atoms with Gasteiger partial charge in [-0.3, -0.25) is 0 Å². The summed E-state index contributed by atoms with van der Waals surface area (Å²) in [4.78, 5) is 0. The predicted molar refractivity (Wildman–Crippen MR) is 41.8 cm³/mol. The van der Waals surface area contributed by atoms with Crippen molar-refractivity contribution in [3.05, 3.63) is 0 Å². The van der Waals surface area contributed by atoms with Gasteiger partial charge in [-0.2, -0.15) is 0 Å². The molecular formula is H10BBaBrGaNaO3. The molecule has 0 bridgehead atoms. The third-order valence-electron chi connectivity index (χ3n) is 0. The Labute approximate surface area is 139 Å². The van der Waals surface area contributed by atoms with Gasteiger partial charge in [-0.15, -0.1) is 17.0 Å². The van der Waals surface area contributed by atoms with Gasteiger partial charge in [-0.1, -0.05) is 0 Å². The molecular weight excluding hydrogens is 369 g/mol. The van der Waals surface area contributed by atoms with Crippen molar-refractivity contribution in [3.63, 3.8) is 0 Å². The molecule has 0 atom stereocenters. The minimum absolute atomic E-state index is 0.